The summed E-state index contributed by atoms with van der Waals surface area (Å²) in [5.41, 5.74) is 0. The van der Waals surface area contributed by atoms with Crippen molar-refractivity contribution < 1.29 is 18.9 Å². The third kappa shape index (κ3) is 2.86. The largest absolute Gasteiger partial charge is 0.364 e. The van der Waals surface area contributed by atoms with E-state index < -0.39 is 0 Å². The molecular weight excluding hydrogens is 328 g/mol. The summed E-state index contributed by atoms with van der Waals surface area (Å²) in [4.78, 5) is 7.89. The van der Waals surface area contributed by atoms with Crippen LogP contribution in [0.3, 0.4) is 0 Å². The van der Waals surface area contributed by atoms with Crippen LogP contribution in [-0.2, 0) is 18.9 Å². The summed E-state index contributed by atoms with van der Waals surface area (Å²) in [5, 5.41) is 1.31. The average molecular weight is 350 g/mol. The van der Waals surface area contributed by atoms with E-state index >= 15 is 0 Å². The standard InChI is InChI=1S/C12H22N4O4S2/c1-17-5-13-9-10(15(7-19-3)11(13)21)16(8-20-4)12(22)14(9)6-18-2/h9-10H,5-8H2,1-4H3. The van der Waals surface area contributed by atoms with E-state index in [9.17, 15) is 0 Å². The molecule has 0 unspecified atom stereocenters. The molecule has 0 aromatic carbocycles. The smallest absolute Gasteiger partial charge is 0.178 e. The van der Waals surface area contributed by atoms with E-state index in [1.54, 1.807) is 28.4 Å². The SMILES string of the molecule is COCN1C(=S)N(COC)C2C1N(COC)C(=S)N2COC. The molecule has 2 rings (SSSR count). The van der Waals surface area contributed by atoms with E-state index in [1.165, 1.54) is 0 Å². The van der Waals surface area contributed by atoms with Gasteiger partial charge in [-0.3, -0.25) is 0 Å². The lowest BCUT2D eigenvalue weighted by molar-refractivity contribution is -0.0135. The Morgan fingerprint density at radius 2 is 0.864 bits per heavy atom. The first-order valence-corrected chi connectivity index (χ1v) is 7.54. The summed E-state index contributed by atoms with van der Waals surface area (Å²) in [7, 11) is 6.55. The van der Waals surface area contributed by atoms with Crippen LogP contribution in [0.4, 0.5) is 0 Å². The van der Waals surface area contributed by atoms with Crippen molar-refractivity contribution in [2.24, 2.45) is 0 Å². The van der Waals surface area contributed by atoms with Gasteiger partial charge in [0.05, 0.1) is 0 Å². The van der Waals surface area contributed by atoms with Crippen LogP contribution >= 0.6 is 24.4 Å². The Labute approximate surface area is 141 Å². The highest BCUT2D eigenvalue weighted by atomic mass is 32.1. The second-order valence-corrected chi connectivity index (χ2v) is 5.67. The van der Waals surface area contributed by atoms with Gasteiger partial charge in [-0.2, -0.15) is 0 Å². The summed E-state index contributed by atoms with van der Waals surface area (Å²) in [6, 6.07) is 0. The normalized spacial score (nSPS) is 24.7. The third-order valence-corrected chi connectivity index (χ3v) is 4.54. The molecule has 10 heteroatoms. The Bertz CT molecular complexity index is 358. The molecule has 8 nitrogen and oxygen atoms in total. The predicted molar refractivity (Wildman–Crippen MR) is 87.6 cm³/mol. The summed E-state index contributed by atoms with van der Waals surface area (Å²) in [6.07, 6.45) is -0.213. The fraction of sp³-hybridized carbons (Fsp3) is 0.833. The van der Waals surface area contributed by atoms with Crippen LogP contribution < -0.4 is 0 Å². The second-order valence-electron chi connectivity index (χ2n) is 4.94. The first-order chi connectivity index (χ1) is 10.6. The number of nitrogens with zero attached hydrogens (tertiary/aromatic N) is 4. The van der Waals surface area contributed by atoms with Gasteiger partial charge in [0.15, 0.2) is 10.2 Å². The van der Waals surface area contributed by atoms with Crippen molar-refractivity contribution in [3.8, 4) is 0 Å². The number of hydrogen-bond acceptors (Lipinski definition) is 6. The molecule has 0 aliphatic carbocycles. The summed E-state index contributed by atoms with van der Waals surface area (Å²) in [5.74, 6) is 0. The lowest BCUT2D eigenvalue weighted by atomic mass is 10.3. The molecule has 0 atom stereocenters. The van der Waals surface area contributed by atoms with Crippen LogP contribution in [0, 0.1) is 0 Å². The van der Waals surface area contributed by atoms with E-state index in [0.717, 1.165) is 0 Å². The maximum absolute atomic E-state index is 5.57. The van der Waals surface area contributed by atoms with Gasteiger partial charge in [-0.05, 0) is 24.4 Å². The van der Waals surface area contributed by atoms with Crippen LogP contribution in [0.1, 0.15) is 0 Å². The zero-order valence-corrected chi connectivity index (χ0v) is 14.9. The Balaban J connectivity index is 2.36. The van der Waals surface area contributed by atoms with Crippen molar-refractivity contribution >= 4 is 34.7 Å². The monoisotopic (exact) mass is 350 g/mol. The number of rotatable bonds is 8. The van der Waals surface area contributed by atoms with Crippen molar-refractivity contribution in [2.45, 2.75) is 12.3 Å². The maximum Gasteiger partial charge on any atom is 0.178 e. The number of thiocarbonyl (C=S) groups is 2. The molecule has 126 valence electrons. The van der Waals surface area contributed by atoms with Crippen LogP contribution in [0.15, 0.2) is 0 Å². The molecule has 2 fully saturated rings. The average Bonchev–Trinajstić information content (AvgIpc) is 2.90. The Hall–Kier alpha value is -0.780. The van der Waals surface area contributed by atoms with Crippen molar-refractivity contribution in [2.75, 3.05) is 55.4 Å². The van der Waals surface area contributed by atoms with Crippen molar-refractivity contribution in [3.05, 3.63) is 0 Å². The highest BCUT2D eigenvalue weighted by Gasteiger charge is 2.56. The number of ether oxygens (including phenoxy) is 4. The molecule has 0 saturated carbocycles. The third-order valence-electron chi connectivity index (χ3n) is 3.60. The quantitative estimate of drug-likeness (QED) is 0.553. The topological polar surface area (TPSA) is 49.9 Å². The molecule has 2 saturated heterocycles. The molecule has 0 bridgehead atoms. The van der Waals surface area contributed by atoms with Gasteiger partial charge in [-0.25, -0.2) is 0 Å². The summed E-state index contributed by atoms with van der Waals surface area (Å²) < 4.78 is 21.2. The maximum atomic E-state index is 5.57. The summed E-state index contributed by atoms with van der Waals surface area (Å²) in [6.45, 7) is 1.46. The zero-order valence-electron chi connectivity index (χ0n) is 13.2. The highest BCUT2D eigenvalue weighted by molar-refractivity contribution is 7.80. The number of methoxy groups -OCH3 is 4. The molecule has 22 heavy (non-hydrogen) atoms. The van der Waals surface area contributed by atoms with Gasteiger partial charge < -0.3 is 38.5 Å². The molecule has 0 aromatic rings. The summed E-state index contributed by atoms with van der Waals surface area (Å²) >= 11 is 11.1. The Kier molecular flexibility index (Phi) is 6.12. The minimum atomic E-state index is -0.106. The van der Waals surface area contributed by atoms with E-state index in [-0.39, 0.29) is 12.3 Å². The van der Waals surface area contributed by atoms with Crippen molar-refractivity contribution in [1.29, 1.82) is 0 Å². The first kappa shape index (κ1) is 17.6. The minimum absolute atomic E-state index is 0.106. The minimum Gasteiger partial charge on any atom is -0.364 e. The Morgan fingerprint density at radius 1 is 0.636 bits per heavy atom. The molecule has 0 radical (unpaired) electrons. The Morgan fingerprint density at radius 3 is 1.05 bits per heavy atom. The molecule has 2 aliphatic heterocycles. The van der Waals surface area contributed by atoms with Crippen LogP contribution in [0.5, 0.6) is 0 Å². The van der Waals surface area contributed by atoms with Gasteiger partial charge in [0.1, 0.15) is 39.3 Å². The second kappa shape index (κ2) is 7.66. The van der Waals surface area contributed by atoms with Crippen molar-refractivity contribution in [3.63, 3.8) is 0 Å². The molecule has 0 aromatic heterocycles. The van der Waals surface area contributed by atoms with Crippen LogP contribution in [0.25, 0.3) is 0 Å². The van der Waals surface area contributed by atoms with Gasteiger partial charge in [-0.15, -0.1) is 0 Å². The van der Waals surface area contributed by atoms with E-state index in [0.29, 0.717) is 37.1 Å². The van der Waals surface area contributed by atoms with Gasteiger partial charge in [-0.1, -0.05) is 0 Å². The lowest BCUT2D eigenvalue weighted by Crippen LogP contribution is -2.48. The predicted octanol–water partition coefficient (Wildman–Crippen LogP) is -0.141. The molecule has 2 aliphatic rings. The molecule has 2 heterocycles. The van der Waals surface area contributed by atoms with Crippen LogP contribution in [-0.4, -0.2) is 97.5 Å². The van der Waals surface area contributed by atoms with E-state index in [1.807, 2.05) is 19.6 Å². The molecular formula is C12H22N4O4S2. The van der Waals surface area contributed by atoms with Gasteiger partial charge in [0.25, 0.3) is 0 Å². The first-order valence-electron chi connectivity index (χ1n) is 6.72. The van der Waals surface area contributed by atoms with E-state index in [2.05, 4.69) is 0 Å². The van der Waals surface area contributed by atoms with Crippen LogP contribution in [0.2, 0.25) is 0 Å². The molecule has 0 amide bonds. The molecule has 0 N–H and O–H groups in total. The highest BCUT2D eigenvalue weighted by Crippen LogP contribution is 2.35. The number of fused-ring (bicyclic) bond motifs is 1. The fourth-order valence-corrected chi connectivity index (χ4v) is 3.49. The molecule has 0 spiro atoms. The van der Waals surface area contributed by atoms with Gasteiger partial charge in [0, 0.05) is 28.4 Å². The van der Waals surface area contributed by atoms with Gasteiger partial charge in [0.2, 0.25) is 0 Å². The van der Waals surface area contributed by atoms with E-state index in [4.69, 9.17) is 43.4 Å². The van der Waals surface area contributed by atoms with Gasteiger partial charge >= 0.3 is 0 Å². The zero-order chi connectivity index (χ0) is 16.3. The number of hydrogen-bond donors (Lipinski definition) is 0. The van der Waals surface area contributed by atoms with Crippen molar-refractivity contribution in [1.82, 2.24) is 19.6 Å². The lowest BCUT2D eigenvalue weighted by Gasteiger charge is -2.32. The fourth-order valence-electron chi connectivity index (χ4n) is 2.85.